The molecule has 3 rings (SSSR count). The number of pyridine rings is 1. The van der Waals surface area contributed by atoms with Gasteiger partial charge in [0.15, 0.2) is 0 Å². The number of fused-ring (bicyclic) bond motifs is 1. The molecular weight excluding hydrogens is 284 g/mol. The number of hydrogen-bond donors (Lipinski definition) is 0. The first-order chi connectivity index (χ1) is 9.09. The van der Waals surface area contributed by atoms with Gasteiger partial charge >= 0.3 is 0 Å². The Balaban J connectivity index is 1.95. The van der Waals surface area contributed by atoms with Gasteiger partial charge in [0.1, 0.15) is 5.15 Å². The maximum Gasteiger partial charge on any atom is 0.243 e. The summed E-state index contributed by atoms with van der Waals surface area (Å²) in [5, 5.41) is 0.223. The van der Waals surface area contributed by atoms with E-state index in [1.165, 1.54) is 18.3 Å². The highest BCUT2D eigenvalue weighted by molar-refractivity contribution is 7.89. The Bertz CT molecular complexity index is 576. The molecule has 0 radical (unpaired) electrons. The number of aromatic nitrogens is 1. The molecule has 2 aliphatic rings. The van der Waals surface area contributed by atoms with Crippen molar-refractivity contribution >= 4 is 21.6 Å². The van der Waals surface area contributed by atoms with Crippen molar-refractivity contribution in [2.75, 3.05) is 6.54 Å². The lowest BCUT2D eigenvalue weighted by molar-refractivity contribution is 0.202. The Kier molecular flexibility index (Phi) is 3.53. The van der Waals surface area contributed by atoms with Gasteiger partial charge in [-0.15, -0.1) is 0 Å². The lowest BCUT2D eigenvalue weighted by atomic mass is 9.94. The van der Waals surface area contributed by atoms with E-state index in [9.17, 15) is 8.42 Å². The summed E-state index contributed by atoms with van der Waals surface area (Å²) in [5.74, 6) is 0.542. The Morgan fingerprint density at radius 2 is 2.05 bits per heavy atom. The van der Waals surface area contributed by atoms with Crippen LogP contribution in [-0.2, 0) is 10.0 Å². The summed E-state index contributed by atoms with van der Waals surface area (Å²) < 4.78 is 27.1. The van der Waals surface area contributed by atoms with Crippen LogP contribution in [-0.4, -0.2) is 30.3 Å². The van der Waals surface area contributed by atoms with Crippen LogP contribution < -0.4 is 0 Å². The molecule has 2 fully saturated rings. The third-order valence-electron chi connectivity index (χ3n) is 4.25. The molecule has 0 bridgehead atoms. The largest absolute Gasteiger partial charge is 0.244 e. The van der Waals surface area contributed by atoms with Crippen molar-refractivity contribution in [1.82, 2.24) is 9.29 Å². The molecule has 0 aromatic carbocycles. The number of piperidine rings is 1. The van der Waals surface area contributed by atoms with Crippen LogP contribution >= 0.6 is 11.6 Å². The molecule has 104 valence electrons. The van der Waals surface area contributed by atoms with Gasteiger partial charge in [0.05, 0.1) is 4.90 Å². The molecule has 1 aliphatic heterocycles. The van der Waals surface area contributed by atoms with Crippen LogP contribution in [0.3, 0.4) is 0 Å². The van der Waals surface area contributed by atoms with E-state index in [4.69, 9.17) is 11.6 Å². The summed E-state index contributed by atoms with van der Waals surface area (Å²) >= 11 is 5.81. The first kappa shape index (κ1) is 13.3. The van der Waals surface area contributed by atoms with Gasteiger partial charge in [-0.2, -0.15) is 4.31 Å². The summed E-state index contributed by atoms with van der Waals surface area (Å²) in [6.45, 7) is 0.628. The van der Waals surface area contributed by atoms with Crippen molar-refractivity contribution in [2.45, 2.75) is 43.0 Å². The van der Waals surface area contributed by atoms with E-state index in [1.54, 1.807) is 4.31 Å². The van der Waals surface area contributed by atoms with Crippen LogP contribution in [0.2, 0.25) is 5.15 Å². The quantitative estimate of drug-likeness (QED) is 0.789. The maximum atomic E-state index is 12.7. The molecule has 1 aromatic heterocycles. The van der Waals surface area contributed by atoms with Crippen LogP contribution in [0.25, 0.3) is 0 Å². The SMILES string of the molecule is O=S(=O)(c1ccnc(Cl)c1)N1CCCC2CCCC21. The Morgan fingerprint density at radius 1 is 1.26 bits per heavy atom. The first-order valence-electron chi connectivity index (χ1n) is 6.72. The van der Waals surface area contributed by atoms with Crippen LogP contribution in [0.15, 0.2) is 23.2 Å². The average molecular weight is 301 g/mol. The molecule has 1 aromatic rings. The third kappa shape index (κ3) is 2.39. The predicted octanol–water partition coefficient (Wildman–Crippen LogP) is 2.69. The summed E-state index contributed by atoms with van der Waals surface area (Å²) in [7, 11) is -3.43. The molecule has 2 heterocycles. The van der Waals surface area contributed by atoms with E-state index in [2.05, 4.69) is 4.98 Å². The smallest absolute Gasteiger partial charge is 0.243 e. The Morgan fingerprint density at radius 3 is 2.84 bits per heavy atom. The maximum absolute atomic E-state index is 12.7. The number of nitrogens with zero attached hydrogens (tertiary/aromatic N) is 2. The van der Waals surface area contributed by atoms with Crippen molar-refractivity contribution in [3.05, 3.63) is 23.5 Å². The van der Waals surface area contributed by atoms with Gasteiger partial charge in [-0.05, 0) is 43.7 Å². The Hall–Kier alpha value is -0.650. The highest BCUT2D eigenvalue weighted by Gasteiger charge is 2.41. The monoisotopic (exact) mass is 300 g/mol. The second-order valence-corrected chi connectivity index (χ2v) is 7.61. The zero-order valence-electron chi connectivity index (χ0n) is 10.6. The standard InChI is InChI=1S/C13H17ClN2O2S/c14-13-9-11(6-7-15-13)19(17,18)16-8-2-4-10-3-1-5-12(10)16/h6-7,9-10,12H,1-5,8H2. The molecule has 1 aliphatic carbocycles. The first-order valence-corrected chi connectivity index (χ1v) is 8.54. The predicted molar refractivity (Wildman–Crippen MR) is 73.5 cm³/mol. The number of rotatable bonds is 2. The van der Waals surface area contributed by atoms with Gasteiger partial charge in [0, 0.05) is 18.8 Å². The minimum Gasteiger partial charge on any atom is -0.244 e. The van der Waals surface area contributed by atoms with E-state index in [-0.39, 0.29) is 16.1 Å². The van der Waals surface area contributed by atoms with E-state index >= 15 is 0 Å². The van der Waals surface area contributed by atoms with E-state index in [0.29, 0.717) is 12.5 Å². The minimum absolute atomic E-state index is 0.186. The van der Waals surface area contributed by atoms with Crippen LogP contribution in [0, 0.1) is 5.92 Å². The highest BCUT2D eigenvalue weighted by atomic mass is 35.5. The normalized spacial score (nSPS) is 28.3. The van der Waals surface area contributed by atoms with Crippen molar-refractivity contribution in [1.29, 1.82) is 0 Å². The van der Waals surface area contributed by atoms with Crippen molar-refractivity contribution < 1.29 is 8.42 Å². The molecule has 6 heteroatoms. The van der Waals surface area contributed by atoms with Crippen LogP contribution in [0.4, 0.5) is 0 Å². The van der Waals surface area contributed by atoms with Gasteiger partial charge < -0.3 is 0 Å². The summed E-state index contributed by atoms with van der Waals surface area (Å²) in [4.78, 5) is 4.11. The summed E-state index contributed by atoms with van der Waals surface area (Å²) in [6, 6.07) is 3.15. The fraction of sp³-hybridized carbons (Fsp3) is 0.615. The van der Waals surface area contributed by atoms with Gasteiger partial charge in [-0.3, -0.25) is 0 Å². The molecule has 2 atom stereocenters. The van der Waals surface area contributed by atoms with Crippen LogP contribution in [0.5, 0.6) is 0 Å². The molecule has 1 saturated heterocycles. The van der Waals surface area contributed by atoms with E-state index in [1.807, 2.05) is 0 Å². The molecule has 4 nitrogen and oxygen atoms in total. The fourth-order valence-electron chi connectivity index (χ4n) is 3.39. The number of sulfonamides is 1. The van der Waals surface area contributed by atoms with Crippen molar-refractivity contribution in [3.63, 3.8) is 0 Å². The van der Waals surface area contributed by atoms with Gasteiger partial charge in [-0.25, -0.2) is 13.4 Å². The van der Waals surface area contributed by atoms with Gasteiger partial charge in [0.2, 0.25) is 10.0 Å². The molecule has 0 N–H and O–H groups in total. The summed E-state index contributed by atoms with van der Waals surface area (Å²) in [6.07, 6.45) is 6.85. The fourth-order valence-corrected chi connectivity index (χ4v) is 5.39. The number of hydrogen-bond acceptors (Lipinski definition) is 3. The zero-order valence-corrected chi connectivity index (χ0v) is 12.2. The molecule has 0 spiro atoms. The summed E-state index contributed by atoms with van der Waals surface area (Å²) in [5.41, 5.74) is 0. The molecule has 1 saturated carbocycles. The molecular formula is C13H17ClN2O2S. The second kappa shape index (κ2) is 5.04. The Labute approximate surface area is 118 Å². The molecule has 19 heavy (non-hydrogen) atoms. The lowest BCUT2D eigenvalue weighted by Crippen LogP contribution is -2.46. The third-order valence-corrected chi connectivity index (χ3v) is 6.37. The minimum atomic E-state index is -3.43. The van der Waals surface area contributed by atoms with Gasteiger partial charge in [0.25, 0.3) is 0 Å². The number of halogens is 1. The lowest BCUT2D eigenvalue weighted by Gasteiger charge is -2.36. The molecule has 2 unspecified atom stereocenters. The van der Waals surface area contributed by atoms with Crippen molar-refractivity contribution in [2.24, 2.45) is 5.92 Å². The molecule has 0 amide bonds. The highest BCUT2D eigenvalue weighted by Crippen LogP contribution is 2.39. The van der Waals surface area contributed by atoms with Gasteiger partial charge in [-0.1, -0.05) is 18.0 Å². The van der Waals surface area contributed by atoms with Crippen molar-refractivity contribution in [3.8, 4) is 0 Å². The van der Waals surface area contributed by atoms with Crippen LogP contribution in [0.1, 0.15) is 32.1 Å². The zero-order chi connectivity index (χ0) is 13.5. The second-order valence-electron chi connectivity index (χ2n) is 5.33. The van der Waals surface area contributed by atoms with E-state index in [0.717, 1.165) is 32.1 Å². The van der Waals surface area contributed by atoms with E-state index < -0.39 is 10.0 Å². The average Bonchev–Trinajstić information content (AvgIpc) is 2.86. The topological polar surface area (TPSA) is 50.3 Å².